The molecule has 0 atom stereocenters. The second-order valence-corrected chi connectivity index (χ2v) is 4.33. The van der Waals surface area contributed by atoms with E-state index in [9.17, 15) is 19.7 Å². The molecular formula is C10H7N3O4S. The van der Waals surface area contributed by atoms with Crippen molar-refractivity contribution in [3.05, 3.63) is 55.4 Å². The van der Waals surface area contributed by atoms with E-state index in [1.807, 2.05) is 0 Å². The summed E-state index contributed by atoms with van der Waals surface area (Å²) in [5.41, 5.74) is -1.01. The third-order valence-corrected chi connectivity index (χ3v) is 3.07. The van der Waals surface area contributed by atoms with Crippen molar-refractivity contribution in [3.8, 4) is 0 Å². The quantitative estimate of drug-likeness (QED) is 0.468. The van der Waals surface area contributed by atoms with Crippen molar-refractivity contribution in [2.75, 3.05) is 0 Å². The molecule has 18 heavy (non-hydrogen) atoms. The Morgan fingerprint density at radius 3 is 2.94 bits per heavy atom. The number of hydrogen-bond donors (Lipinski definition) is 0. The van der Waals surface area contributed by atoms with E-state index in [1.54, 1.807) is 17.5 Å². The van der Waals surface area contributed by atoms with Crippen molar-refractivity contribution < 1.29 is 9.72 Å². The minimum absolute atomic E-state index is 0.256. The van der Waals surface area contributed by atoms with Gasteiger partial charge in [-0.05, 0) is 11.4 Å². The van der Waals surface area contributed by atoms with Gasteiger partial charge < -0.3 is 0 Å². The lowest BCUT2D eigenvalue weighted by molar-refractivity contribution is -0.385. The Hall–Kier alpha value is -2.35. The Morgan fingerprint density at radius 2 is 2.33 bits per heavy atom. The summed E-state index contributed by atoms with van der Waals surface area (Å²) in [5, 5.41) is 12.3. The van der Waals surface area contributed by atoms with Crippen LogP contribution in [-0.2, 0) is 6.54 Å². The van der Waals surface area contributed by atoms with Crippen LogP contribution in [0.25, 0.3) is 0 Å². The van der Waals surface area contributed by atoms with Gasteiger partial charge in [0.1, 0.15) is 6.20 Å². The molecular weight excluding hydrogens is 258 g/mol. The highest BCUT2D eigenvalue weighted by atomic mass is 32.1. The maximum Gasteiger partial charge on any atom is 0.348 e. The smallest absolute Gasteiger partial charge is 0.291 e. The second-order valence-electron chi connectivity index (χ2n) is 3.38. The van der Waals surface area contributed by atoms with E-state index in [2.05, 4.69) is 4.98 Å². The number of aromatic nitrogens is 2. The average Bonchev–Trinajstić information content (AvgIpc) is 2.85. The van der Waals surface area contributed by atoms with Crippen molar-refractivity contribution in [2.24, 2.45) is 0 Å². The van der Waals surface area contributed by atoms with Crippen LogP contribution in [0.2, 0.25) is 0 Å². The van der Waals surface area contributed by atoms with E-state index in [0.29, 0.717) is 4.88 Å². The molecule has 0 aliphatic rings. The van der Waals surface area contributed by atoms with Crippen LogP contribution in [0.15, 0.2) is 34.7 Å². The van der Waals surface area contributed by atoms with Gasteiger partial charge in [0.05, 0.1) is 22.5 Å². The molecule has 2 rings (SSSR count). The van der Waals surface area contributed by atoms with Crippen molar-refractivity contribution in [1.82, 2.24) is 9.55 Å². The van der Waals surface area contributed by atoms with E-state index >= 15 is 0 Å². The molecule has 0 bridgehead atoms. The first-order valence-electron chi connectivity index (χ1n) is 4.85. The SMILES string of the molecule is O=C(Cn1cc([N+](=O)[O-])cnc1=O)c1cccs1. The van der Waals surface area contributed by atoms with Gasteiger partial charge in [0.25, 0.3) is 0 Å². The molecule has 0 spiro atoms. The van der Waals surface area contributed by atoms with Gasteiger partial charge in [0.15, 0.2) is 5.78 Å². The highest BCUT2D eigenvalue weighted by Gasteiger charge is 2.13. The fraction of sp³-hybridized carbons (Fsp3) is 0.100. The number of carbonyl (C=O) groups excluding carboxylic acids is 1. The lowest BCUT2D eigenvalue weighted by atomic mass is 10.3. The topological polar surface area (TPSA) is 95.1 Å². The summed E-state index contributed by atoms with van der Waals surface area (Å²) in [7, 11) is 0. The third-order valence-electron chi connectivity index (χ3n) is 2.16. The van der Waals surface area contributed by atoms with Crippen LogP contribution in [0.3, 0.4) is 0 Å². The summed E-state index contributed by atoms with van der Waals surface area (Å²) in [5.74, 6) is -0.283. The van der Waals surface area contributed by atoms with E-state index in [-0.39, 0.29) is 18.0 Å². The second kappa shape index (κ2) is 4.88. The first kappa shape index (κ1) is 12.1. The maximum atomic E-state index is 11.8. The molecule has 2 aromatic heterocycles. The molecule has 92 valence electrons. The molecule has 0 aromatic carbocycles. The molecule has 0 unspecified atom stereocenters. The molecule has 0 amide bonds. The third kappa shape index (κ3) is 2.48. The zero-order chi connectivity index (χ0) is 13.1. The number of carbonyl (C=O) groups is 1. The zero-order valence-corrected chi connectivity index (χ0v) is 9.79. The van der Waals surface area contributed by atoms with Crippen molar-refractivity contribution >= 4 is 22.8 Å². The van der Waals surface area contributed by atoms with Gasteiger partial charge in [-0.2, -0.15) is 4.98 Å². The maximum absolute atomic E-state index is 11.8. The molecule has 2 aromatic rings. The van der Waals surface area contributed by atoms with Crippen LogP contribution in [0.5, 0.6) is 0 Å². The monoisotopic (exact) mass is 265 g/mol. The Labute approximate surface area is 104 Å². The zero-order valence-electron chi connectivity index (χ0n) is 8.98. The summed E-state index contributed by atoms with van der Waals surface area (Å²) in [4.78, 5) is 36.9. The fourth-order valence-electron chi connectivity index (χ4n) is 1.32. The molecule has 2 heterocycles. The van der Waals surface area contributed by atoms with Gasteiger partial charge in [0.2, 0.25) is 0 Å². The fourth-order valence-corrected chi connectivity index (χ4v) is 1.98. The molecule has 8 heteroatoms. The molecule has 0 fully saturated rings. The number of ketones is 1. The highest BCUT2D eigenvalue weighted by Crippen LogP contribution is 2.11. The standard InChI is InChI=1S/C10H7N3O4S/c14-8(9-2-1-3-18-9)6-12-5-7(13(16)17)4-11-10(12)15/h1-5H,6H2. The van der Waals surface area contributed by atoms with Gasteiger partial charge in [0, 0.05) is 0 Å². The van der Waals surface area contributed by atoms with E-state index < -0.39 is 10.6 Å². The van der Waals surface area contributed by atoms with Crippen LogP contribution >= 0.6 is 11.3 Å². The van der Waals surface area contributed by atoms with Crippen LogP contribution < -0.4 is 5.69 Å². The molecule has 0 saturated carbocycles. The van der Waals surface area contributed by atoms with Gasteiger partial charge >= 0.3 is 11.4 Å². The highest BCUT2D eigenvalue weighted by molar-refractivity contribution is 7.12. The molecule has 7 nitrogen and oxygen atoms in total. The molecule has 0 radical (unpaired) electrons. The minimum Gasteiger partial charge on any atom is -0.291 e. The van der Waals surface area contributed by atoms with Crippen LogP contribution in [0.4, 0.5) is 5.69 Å². The Bertz CT molecular complexity index is 647. The number of nitro groups is 1. The summed E-state index contributed by atoms with van der Waals surface area (Å²) < 4.78 is 0.931. The van der Waals surface area contributed by atoms with E-state index in [0.717, 1.165) is 17.0 Å². The molecule has 0 N–H and O–H groups in total. The number of nitrogens with zero attached hydrogens (tertiary/aromatic N) is 3. The number of rotatable bonds is 4. The van der Waals surface area contributed by atoms with Gasteiger partial charge in [-0.3, -0.25) is 19.5 Å². The normalized spacial score (nSPS) is 10.2. The largest absolute Gasteiger partial charge is 0.348 e. The lowest BCUT2D eigenvalue weighted by Gasteiger charge is -2.02. The lowest BCUT2D eigenvalue weighted by Crippen LogP contribution is -2.25. The first-order valence-corrected chi connectivity index (χ1v) is 5.73. The average molecular weight is 265 g/mol. The van der Waals surface area contributed by atoms with Gasteiger partial charge in [-0.25, -0.2) is 4.79 Å². The summed E-state index contributed by atoms with van der Waals surface area (Å²) in [6.07, 6.45) is 1.88. The van der Waals surface area contributed by atoms with Crippen molar-refractivity contribution in [3.63, 3.8) is 0 Å². The Balaban J connectivity index is 2.29. The summed E-state index contributed by atoms with van der Waals surface area (Å²) in [6.45, 7) is -0.256. The van der Waals surface area contributed by atoms with Crippen LogP contribution in [-0.4, -0.2) is 20.3 Å². The predicted molar refractivity (Wildman–Crippen MR) is 63.8 cm³/mol. The minimum atomic E-state index is -0.689. The Kier molecular flexibility index (Phi) is 3.28. The van der Waals surface area contributed by atoms with Crippen LogP contribution in [0, 0.1) is 10.1 Å². The van der Waals surface area contributed by atoms with Gasteiger partial charge in [-0.1, -0.05) is 6.07 Å². The summed E-state index contributed by atoms with van der Waals surface area (Å²) in [6, 6.07) is 3.34. The van der Waals surface area contributed by atoms with E-state index in [1.165, 1.54) is 11.3 Å². The Morgan fingerprint density at radius 1 is 1.56 bits per heavy atom. The summed E-state index contributed by atoms with van der Waals surface area (Å²) >= 11 is 1.25. The predicted octanol–water partition coefficient (Wildman–Crippen LogP) is 1.10. The molecule has 0 aliphatic heterocycles. The number of thiophene rings is 1. The van der Waals surface area contributed by atoms with E-state index in [4.69, 9.17) is 0 Å². The molecule has 0 aliphatic carbocycles. The van der Waals surface area contributed by atoms with Crippen molar-refractivity contribution in [1.29, 1.82) is 0 Å². The van der Waals surface area contributed by atoms with Gasteiger partial charge in [-0.15, -0.1) is 11.3 Å². The van der Waals surface area contributed by atoms with Crippen molar-refractivity contribution in [2.45, 2.75) is 6.54 Å². The number of Topliss-reactive ketones (excluding diaryl/α,β-unsaturated/α-hetero) is 1. The molecule has 0 saturated heterocycles. The first-order chi connectivity index (χ1) is 8.58. The number of hydrogen-bond acceptors (Lipinski definition) is 6. The van der Waals surface area contributed by atoms with Crippen LogP contribution in [0.1, 0.15) is 9.67 Å².